The molecule has 1 fully saturated rings. The van der Waals surface area contributed by atoms with Gasteiger partial charge in [-0.05, 0) is 48.7 Å². The van der Waals surface area contributed by atoms with E-state index in [0.717, 1.165) is 5.56 Å². The SMILES string of the molecule is CC(Oc1cccc(C#N)c1)C(=O)N1CCN(S(=O)(=O)c2ccc(C(C)C)cc2)CC1. The van der Waals surface area contributed by atoms with Crippen molar-refractivity contribution >= 4 is 15.9 Å². The fourth-order valence-electron chi connectivity index (χ4n) is 3.47. The molecule has 0 bridgehead atoms. The van der Waals surface area contributed by atoms with Crippen LogP contribution in [0, 0.1) is 11.3 Å². The van der Waals surface area contributed by atoms with E-state index in [1.54, 1.807) is 48.2 Å². The average molecular weight is 442 g/mol. The van der Waals surface area contributed by atoms with E-state index in [1.807, 2.05) is 18.2 Å². The van der Waals surface area contributed by atoms with Gasteiger partial charge in [0.05, 0.1) is 16.5 Å². The molecule has 1 aliphatic rings. The van der Waals surface area contributed by atoms with Crippen LogP contribution in [0.2, 0.25) is 0 Å². The molecule has 0 radical (unpaired) electrons. The maximum absolute atomic E-state index is 13.0. The first-order valence-electron chi connectivity index (χ1n) is 10.3. The molecule has 164 valence electrons. The van der Waals surface area contributed by atoms with Crippen molar-refractivity contribution in [3.8, 4) is 11.8 Å². The Labute approximate surface area is 183 Å². The van der Waals surface area contributed by atoms with Crippen LogP contribution in [0.4, 0.5) is 0 Å². The monoisotopic (exact) mass is 441 g/mol. The number of hydrogen-bond donors (Lipinski definition) is 0. The molecule has 0 aromatic heterocycles. The summed E-state index contributed by atoms with van der Waals surface area (Å²) < 4.78 is 33.0. The van der Waals surface area contributed by atoms with Gasteiger partial charge >= 0.3 is 0 Å². The van der Waals surface area contributed by atoms with E-state index >= 15 is 0 Å². The van der Waals surface area contributed by atoms with Gasteiger partial charge in [-0.1, -0.05) is 32.0 Å². The van der Waals surface area contributed by atoms with Gasteiger partial charge in [0.2, 0.25) is 10.0 Å². The van der Waals surface area contributed by atoms with Gasteiger partial charge in [-0.15, -0.1) is 0 Å². The van der Waals surface area contributed by atoms with E-state index in [9.17, 15) is 13.2 Å². The summed E-state index contributed by atoms with van der Waals surface area (Å²) in [4.78, 5) is 14.6. The zero-order valence-corrected chi connectivity index (χ0v) is 18.8. The largest absolute Gasteiger partial charge is 0.481 e. The van der Waals surface area contributed by atoms with Crippen LogP contribution in [0.5, 0.6) is 5.75 Å². The summed E-state index contributed by atoms with van der Waals surface area (Å²) in [5, 5.41) is 8.99. The lowest BCUT2D eigenvalue weighted by Crippen LogP contribution is -2.53. The Morgan fingerprint density at radius 1 is 1.03 bits per heavy atom. The molecule has 0 aliphatic carbocycles. The van der Waals surface area contributed by atoms with E-state index in [1.165, 1.54) is 4.31 Å². The van der Waals surface area contributed by atoms with E-state index < -0.39 is 16.1 Å². The molecule has 1 saturated heterocycles. The molecule has 1 amide bonds. The smallest absolute Gasteiger partial charge is 0.263 e. The lowest BCUT2D eigenvalue weighted by molar-refractivity contribution is -0.139. The van der Waals surface area contributed by atoms with E-state index in [4.69, 9.17) is 10.00 Å². The van der Waals surface area contributed by atoms with E-state index in [0.29, 0.717) is 30.3 Å². The maximum atomic E-state index is 13.0. The Hall–Kier alpha value is -2.89. The highest BCUT2D eigenvalue weighted by Gasteiger charge is 2.32. The number of nitrogens with zero attached hydrogens (tertiary/aromatic N) is 3. The number of hydrogen-bond acceptors (Lipinski definition) is 5. The minimum atomic E-state index is -3.60. The second kappa shape index (κ2) is 9.50. The molecule has 1 atom stereocenters. The molecule has 1 heterocycles. The van der Waals surface area contributed by atoms with Gasteiger partial charge in [-0.3, -0.25) is 4.79 Å². The number of benzene rings is 2. The molecule has 2 aromatic rings. The lowest BCUT2D eigenvalue weighted by Gasteiger charge is -2.35. The molecule has 31 heavy (non-hydrogen) atoms. The van der Waals surface area contributed by atoms with Crippen molar-refractivity contribution in [3.63, 3.8) is 0 Å². The zero-order chi connectivity index (χ0) is 22.6. The summed E-state index contributed by atoms with van der Waals surface area (Å²) in [7, 11) is -3.60. The standard InChI is InChI=1S/C23H27N3O4S/c1-17(2)20-7-9-22(10-8-20)31(28,29)26-13-11-25(12-14-26)23(27)18(3)30-21-6-4-5-19(15-21)16-24/h4-10,15,17-18H,11-14H2,1-3H3. The first kappa shape index (κ1) is 22.8. The Morgan fingerprint density at radius 2 is 1.68 bits per heavy atom. The predicted octanol–water partition coefficient (Wildman–Crippen LogP) is 2.98. The molecular weight excluding hydrogens is 414 g/mol. The number of piperazine rings is 1. The summed E-state index contributed by atoms with van der Waals surface area (Å²) in [6.07, 6.45) is -0.735. The summed E-state index contributed by atoms with van der Waals surface area (Å²) in [6.45, 7) is 6.84. The third-order valence-electron chi connectivity index (χ3n) is 5.36. The maximum Gasteiger partial charge on any atom is 0.263 e. The van der Waals surface area contributed by atoms with E-state index in [-0.39, 0.29) is 23.9 Å². The summed E-state index contributed by atoms with van der Waals surface area (Å²) in [5.41, 5.74) is 1.54. The summed E-state index contributed by atoms with van der Waals surface area (Å²) in [5.74, 6) is 0.574. The minimum Gasteiger partial charge on any atom is -0.481 e. The molecular formula is C23H27N3O4S. The first-order valence-corrected chi connectivity index (χ1v) is 11.7. The van der Waals surface area contributed by atoms with Crippen molar-refractivity contribution in [3.05, 3.63) is 59.7 Å². The highest BCUT2D eigenvalue weighted by atomic mass is 32.2. The van der Waals surface area contributed by atoms with Gasteiger partial charge in [0.15, 0.2) is 6.10 Å². The van der Waals surface area contributed by atoms with Crippen LogP contribution in [-0.2, 0) is 14.8 Å². The second-order valence-corrected chi connectivity index (χ2v) is 9.79. The second-order valence-electron chi connectivity index (χ2n) is 7.85. The summed E-state index contributed by atoms with van der Waals surface area (Å²) in [6, 6.07) is 15.7. The number of sulfonamides is 1. The number of nitriles is 1. The molecule has 8 heteroatoms. The zero-order valence-electron chi connectivity index (χ0n) is 18.0. The molecule has 1 unspecified atom stereocenters. The van der Waals surface area contributed by atoms with Crippen molar-refractivity contribution in [1.82, 2.24) is 9.21 Å². The molecule has 3 rings (SSSR count). The fraction of sp³-hybridized carbons (Fsp3) is 0.391. The summed E-state index contributed by atoms with van der Waals surface area (Å²) >= 11 is 0. The highest BCUT2D eigenvalue weighted by molar-refractivity contribution is 7.89. The van der Waals surface area contributed by atoms with Gasteiger partial charge in [-0.2, -0.15) is 9.57 Å². The fourth-order valence-corrected chi connectivity index (χ4v) is 4.90. The normalized spacial score (nSPS) is 16.0. The van der Waals surface area contributed by atoms with Gasteiger partial charge in [0.25, 0.3) is 5.91 Å². The molecule has 2 aromatic carbocycles. The third kappa shape index (κ3) is 5.24. The van der Waals surface area contributed by atoms with Gasteiger partial charge < -0.3 is 9.64 Å². The van der Waals surface area contributed by atoms with Crippen molar-refractivity contribution in [2.45, 2.75) is 37.7 Å². The highest BCUT2D eigenvalue weighted by Crippen LogP contribution is 2.22. The molecule has 1 aliphatic heterocycles. The predicted molar refractivity (Wildman–Crippen MR) is 117 cm³/mol. The number of amides is 1. The molecule has 0 spiro atoms. The van der Waals surface area contributed by atoms with Crippen LogP contribution in [0.25, 0.3) is 0 Å². The molecule has 0 N–H and O–H groups in total. The Bertz CT molecular complexity index is 1070. The van der Waals surface area contributed by atoms with Crippen molar-refractivity contribution < 1.29 is 17.9 Å². The van der Waals surface area contributed by atoms with Gasteiger partial charge in [-0.25, -0.2) is 8.42 Å². The Kier molecular flexibility index (Phi) is 6.98. The van der Waals surface area contributed by atoms with Crippen LogP contribution in [0.1, 0.15) is 37.8 Å². The van der Waals surface area contributed by atoms with E-state index in [2.05, 4.69) is 13.8 Å². The quantitative estimate of drug-likeness (QED) is 0.687. The Morgan fingerprint density at radius 3 is 2.26 bits per heavy atom. The van der Waals surface area contributed by atoms with Crippen molar-refractivity contribution in [2.24, 2.45) is 0 Å². The minimum absolute atomic E-state index is 0.208. The van der Waals surface area contributed by atoms with Crippen molar-refractivity contribution in [2.75, 3.05) is 26.2 Å². The van der Waals surface area contributed by atoms with Crippen molar-refractivity contribution in [1.29, 1.82) is 5.26 Å². The number of carbonyl (C=O) groups is 1. The topological polar surface area (TPSA) is 90.7 Å². The number of carbonyl (C=O) groups excluding carboxylic acids is 1. The van der Waals surface area contributed by atoms with Gasteiger partial charge in [0.1, 0.15) is 5.75 Å². The molecule has 7 nitrogen and oxygen atoms in total. The van der Waals surface area contributed by atoms with Crippen LogP contribution in [-0.4, -0.2) is 55.8 Å². The van der Waals surface area contributed by atoms with Crippen LogP contribution in [0.3, 0.4) is 0 Å². The Balaban J connectivity index is 1.60. The number of rotatable bonds is 6. The van der Waals surface area contributed by atoms with Crippen LogP contribution < -0.4 is 4.74 Å². The van der Waals surface area contributed by atoms with Crippen LogP contribution in [0.15, 0.2) is 53.4 Å². The molecule has 0 saturated carbocycles. The number of ether oxygens (including phenoxy) is 1. The average Bonchev–Trinajstić information content (AvgIpc) is 2.78. The van der Waals surface area contributed by atoms with Gasteiger partial charge in [0, 0.05) is 26.2 Å². The third-order valence-corrected chi connectivity index (χ3v) is 7.27. The first-order chi connectivity index (χ1) is 14.7. The van der Waals surface area contributed by atoms with Crippen LogP contribution >= 0.6 is 0 Å². The lowest BCUT2D eigenvalue weighted by atomic mass is 10.0.